The highest BCUT2D eigenvalue weighted by molar-refractivity contribution is 5.60. The van der Waals surface area contributed by atoms with E-state index in [0.29, 0.717) is 6.54 Å². The SMILES string of the molecule is Cn1c(N)c(NCc2cccc(CO)c2)c(=O)[nH]c1=O. The molecule has 0 fully saturated rings. The number of aliphatic hydroxyl groups is 1. The van der Waals surface area contributed by atoms with Crippen molar-refractivity contribution in [2.24, 2.45) is 7.05 Å². The molecule has 0 saturated heterocycles. The molecule has 0 spiro atoms. The number of nitrogens with one attached hydrogen (secondary N) is 2. The van der Waals surface area contributed by atoms with Crippen molar-refractivity contribution < 1.29 is 5.11 Å². The summed E-state index contributed by atoms with van der Waals surface area (Å²) in [5.74, 6) is 0.0806. The Kier molecular flexibility index (Phi) is 3.90. The molecule has 0 atom stereocenters. The summed E-state index contributed by atoms with van der Waals surface area (Å²) in [6.45, 7) is 0.315. The van der Waals surface area contributed by atoms with E-state index in [1.165, 1.54) is 7.05 Å². The number of nitrogens with zero attached hydrogens (tertiary/aromatic N) is 1. The van der Waals surface area contributed by atoms with Crippen molar-refractivity contribution in [1.29, 1.82) is 0 Å². The van der Waals surface area contributed by atoms with Crippen molar-refractivity contribution in [3.63, 3.8) is 0 Å². The molecule has 7 nitrogen and oxygen atoms in total. The minimum absolute atomic E-state index is 0.0452. The van der Waals surface area contributed by atoms with E-state index in [0.717, 1.165) is 15.7 Å². The minimum Gasteiger partial charge on any atom is -0.392 e. The van der Waals surface area contributed by atoms with Crippen molar-refractivity contribution in [3.8, 4) is 0 Å². The number of nitrogens with two attached hydrogens (primary N) is 1. The first-order valence-corrected chi connectivity index (χ1v) is 6.04. The molecule has 0 unspecified atom stereocenters. The molecule has 2 rings (SSSR count). The van der Waals surface area contributed by atoms with E-state index >= 15 is 0 Å². The van der Waals surface area contributed by atoms with Crippen LogP contribution in [0.5, 0.6) is 0 Å². The molecular formula is C13H16N4O3. The number of H-pyrrole nitrogens is 1. The van der Waals surface area contributed by atoms with Crippen LogP contribution in [0.4, 0.5) is 11.5 Å². The van der Waals surface area contributed by atoms with Crippen LogP contribution in [-0.4, -0.2) is 14.7 Å². The maximum Gasteiger partial charge on any atom is 0.329 e. The largest absolute Gasteiger partial charge is 0.392 e. The molecular weight excluding hydrogens is 260 g/mol. The van der Waals surface area contributed by atoms with Crippen LogP contribution in [0.2, 0.25) is 0 Å². The number of nitrogen functional groups attached to an aromatic ring is 1. The number of aromatic amines is 1. The Labute approximate surface area is 114 Å². The summed E-state index contributed by atoms with van der Waals surface area (Å²) in [5, 5.41) is 12.0. The maximum absolute atomic E-state index is 11.7. The van der Waals surface area contributed by atoms with E-state index in [1.54, 1.807) is 6.07 Å². The monoisotopic (exact) mass is 276 g/mol. The van der Waals surface area contributed by atoms with Gasteiger partial charge in [0.05, 0.1) is 6.61 Å². The van der Waals surface area contributed by atoms with Crippen molar-refractivity contribution in [2.75, 3.05) is 11.1 Å². The quantitative estimate of drug-likeness (QED) is 0.615. The molecule has 5 N–H and O–H groups in total. The third-order valence-corrected chi connectivity index (χ3v) is 3.01. The molecule has 1 aromatic heterocycles. The Morgan fingerprint density at radius 3 is 2.75 bits per heavy atom. The van der Waals surface area contributed by atoms with Gasteiger partial charge in [0.2, 0.25) is 0 Å². The molecule has 106 valence electrons. The van der Waals surface area contributed by atoms with Gasteiger partial charge in [-0.2, -0.15) is 0 Å². The lowest BCUT2D eigenvalue weighted by Crippen LogP contribution is -2.32. The predicted molar refractivity (Wildman–Crippen MR) is 76.4 cm³/mol. The zero-order valence-electron chi connectivity index (χ0n) is 11.0. The van der Waals surface area contributed by atoms with Crippen LogP contribution in [0.3, 0.4) is 0 Å². The van der Waals surface area contributed by atoms with Gasteiger partial charge in [-0.1, -0.05) is 24.3 Å². The third-order valence-electron chi connectivity index (χ3n) is 3.01. The molecule has 1 heterocycles. The Bertz CT molecular complexity index is 733. The minimum atomic E-state index is -0.555. The van der Waals surface area contributed by atoms with Crippen molar-refractivity contribution in [3.05, 3.63) is 56.2 Å². The maximum atomic E-state index is 11.7. The summed E-state index contributed by atoms with van der Waals surface area (Å²) in [6.07, 6.45) is 0. The summed E-state index contributed by atoms with van der Waals surface area (Å²) in [5.41, 5.74) is 6.47. The van der Waals surface area contributed by atoms with Gasteiger partial charge in [0.1, 0.15) is 11.5 Å². The van der Waals surface area contributed by atoms with E-state index in [-0.39, 0.29) is 18.1 Å². The lowest BCUT2D eigenvalue weighted by molar-refractivity contribution is 0.281. The topological polar surface area (TPSA) is 113 Å². The van der Waals surface area contributed by atoms with Gasteiger partial charge in [-0.05, 0) is 11.1 Å². The van der Waals surface area contributed by atoms with E-state index in [9.17, 15) is 9.59 Å². The summed E-state index contributed by atoms with van der Waals surface area (Å²) >= 11 is 0. The molecule has 0 aliphatic heterocycles. The van der Waals surface area contributed by atoms with Gasteiger partial charge >= 0.3 is 5.69 Å². The number of aliphatic hydroxyl groups excluding tert-OH is 1. The van der Waals surface area contributed by atoms with Crippen LogP contribution in [0.25, 0.3) is 0 Å². The second-order valence-electron chi connectivity index (χ2n) is 4.41. The number of aromatic nitrogens is 2. The van der Waals surface area contributed by atoms with Crippen LogP contribution in [0.1, 0.15) is 11.1 Å². The first-order chi connectivity index (χ1) is 9.52. The number of benzene rings is 1. The Morgan fingerprint density at radius 2 is 2.05 bits per heavy atom. The van der Waals surface area contributed by atoms with Gasteiger partial charge in [-0.25, -0.2) is 4.79 Å². The van der Waals surface area contributed by atoms with Gasteiger partial charge < -0.3 is 16.2 Å². The van der Waals surface area contributed by atoms with Gasteiger partial charge in [0.15, 0.2) is 0 Å². The second-order valence-corrected chi connectivity index (χ2v) is 4.41. The van der Waals surface area contributed by atoms with Gasteiger partial charge in [0, 0.05) is 13.6 Å². The fourth-order valence-electron chi connectivity index (χ4n) is 1.84. The fourth-order valence-corrected chi connectivity index (χ4v) is 1.84. The fraction of sp³-hybridized carbons (Fsp3) is 0.231. The Morgan fingerprint density at radius 1 is 1.35 bits per heavy atom. The van der Waals surface area contributed by atoms with Crippen LogP contribution < -0.4 is 22.3 Å². The number of hydrogen-bond acceptors (Lipinski definition) is 5. The molecule has 0 aliphatic rings. The lowest BCUT2D eigenvalue weighted by atomic mass is 10.1. The summed E-state index contributed by atoms with van der Waals surface area (Å²) in [6, 6.07) is 7.30. The average molecular weight is 276 g/mol. The molecule has 1 aromatic carbocycles. The standard InChI is InChI=1S/C13H16N4O3/c1-17-11(14)10(12(19)16-13(17)20)15-6-8-3-2-4-9(5-8)7-18/h2-5,15,18H,6-7,14H2,1H3,(H,16,19,20). The highest BCUT2D eigenvalue weighted by Crippen LogP contribution is 2.11. The zero-order chi connectivity index (χ0) is 14.7. The number of rotatable bonds is 4. The summed E-state index contributed by atoms with van der Waals surface area (Å²) in [7, 11) is 1.48. The number of anilines is 2. The normalized spacial score (nSPS) is 10.5. The van der Waals surface area contributed by atoms with Crippen molar-refractivity contribution in [2.45, 2.75) is 13.2 Å². The highest BCUT2D eigenvalue weighted by Gasteiger charge is 2.09. The van der Waals surface area contributed by atoms with E-state index in [2.05, 4.69) is 10.3 Å². The van der Waals surface area contributed by atoms with Crippen molar-refractivity contribution in [1.82, 2.24) is 9.55 Å². The van der Waals surface area contributed by atoms with Gasteiger partial charge in [0.25, 0.3) is 5.56 Å². The van der Waals surface area contributed by atoms with Crippen LogP contribution >= 0.6 is 0 Å². The molecule has 0 radical (unpaired) electrons. The second kappa shape index (κ2) is 5.62. The van der Waals surface area contributed by atoms with E-state index < -0.39 is 11.2 Å². The first-order valence-electron chi connectivity index (χ1n) is 6.04. The highest BCUT2D eigenvalue weighted by atomic mass is 16.3. The van der Waals surface area contributed by atoms with E-state index in [1.807, 2.05) is 18.2 Å². The first kappa shape index (κ1) is 13.9. The Balaban J connectivity index is 2.25. The molecule has 2 aromatic rings. The Hall–Kier alpha value is -2.54. The molecule has 0 aliphatic carbocycles. The molecule has 7 heteroatoms. The smallest absolute Gasteiger partial charge is 0.329 e. The average Bonchev–Trinajstić information content (AvgIpc) is 2.45. The van der Waals surface area contributed by atoms with Crippen LogP contribution in [0, 0.1) is 0 Å². The molecule has 20 heavy (non-hydrogen) atoms. The van der Waals surface area contributed by atoms with Crippen LogP contribution in [-0.2, 0) is 20.2 Å². The molecule has 0 bridgehead atoms. The molecule has 0 amide bonds. The summed E-state index contributed by atoms with van der Waals surface area (Å²) < 4.78 is 1.16. The lowest BCUT2D eigenvalue weighted by Gasteiger charge is -2.11. The summed E-state index contributed by atoms with van der Waals surface area (Å²) in [4.78, 5) is 25.2. The van der Waals surface area contributed by atoms with E-state index in [4.69, 9.17) is 10.8 Å². The van der Waals surface area contributed by atoms with Gasteiger partial charge in [-0.15, -0.1) is 0 Å². The third kappa shape index (κ3) is 2.72. The van der Waals surface area contributed by atoms with Crippen LogP contribution in [0.15, 0.2) is 33.9 Å². The zero-order valence-corrected chi connectivity index (χ0v) is 11.0. The van der Waals surface area contributed by atoms with Crippen molar-refractivity contribution >= 4 is 11.5 Å². The predicted octanol–water partition coefficient (Wildman–Crippen LogP) is -0.240. The molecule has 0 saturated carbocycles. The number of hydrogen-bond donors (Lipinski definition) is 4. The van der Waals surface area contributed by atoms with Gasteiger partial charge in [-0.3, -0.25) is 14.3 Å².